The Morgan fingerprint density at radius 2 is 2.04 bits per heavy atom. The van der Waals surface area contributed by atoms with Gasteiger partial charge in [0.05, 0.1) is 23.8 Å². The second kappa shape index (κ2) is 8.37. The summed E-state index contributed by atoms with van der Waals surface area (Å²) in [4.78, 5) is 26.8. The van der Waals surface area contributed by atoms with Crippen LogP contribution in [0.1, 0.15) is 35.7 Å². The van der Waals surface area contributed by atoms with Crippen molar-refractivity contribution in [3.05, 3.63) is 59.7 Å². The topological polar surface area (TPSA) is 82.4 Å². The molecule has 1 saturated heterocycles. The van der Waals surface area contributed by atoms with Crippen LogP contribution in [0, 0.1) is 11.3 Å². The SMILES string of the molecule is CCOC(=O)c1cccc(N2CCCC2C(=O)Nc2ccc(C#N)cc2)c1. The molecule has 2 aromatic carbocycles. The van der Waals surface area contributed by atoms with Crippen LogP contribution in [0.3, 0.4) is 0 Å². The summed E-state index contributed by atoms with van der Waals surface area (Å²) in [6.45, 7) is 2.84. The van der Waals surface area contributed by atoms with Gasteiger partial charge in [-0.15, -0.1) is 0 Å². The lowest BCUT2D eigenvalue weighted by Gasteiger charge is -2.26. The molecule has 1 N–H and O–H groups in total. The number of carbonyl (C=O) groups is 2. The van der Waals surface area contributed by atoms with E-state index in [1.54, 1.807) is 49.4 Å². The molecule has 1 fully saturated rings. The molecule has 0 saturated carbocycles. The normalized spacial score (nSPS) is 15.9. The van der Waals surface area contributed by atoms with Crippen LogP contribution in [0.4, 0.5) is 11.4 Å². The summed E-state index contributed by atoms with van der Waals surface area (Å²) >= 11 is 0. The number of hydrogen-bond donors (Lipinski definition) is 1. The van der Waals surface area contributed by atoms with Gasteiger partial charge in [-0.3, -0.25) is 4.79 Å². The highest BCUT2D eigenvalue weighted by Crippen LogP contribution is 2.27. The van der Waals surface area contributed by atoms with Crippen molar-refractivity contribution in [3.63, 3.8) is 0 Å². The molecule has 1 unspecified atom stereocenters. The molecule has 6 nitrogen and oxygen atoms in total. The third-order valence-corrected chi connectivity index (χ3v) is 4.53. The van der Waals surface area contributed by atoms with E-state index in [4.69, 9.17) is 10.00 Å². The van der Waals surface area contributed by atoms with Crippen LogP contribution in [0.5, 0.6) is 0 Å². The maximum Gasteiger partial charge on any atom is 0.338 e. The molecular weight excluding hydrogens is 342 g/mol. The second-order valence-corrected chi connectivity index (χ2v) is 6.30. The van der Waals surface area contributed by atoms with Crippen molar-refractivity contribution < 1.29 is 14.3 Å². The number of anilines is 2. The Kier molecular flexibility index (Phi) is 5.72. The van der Waals surface area contributed by atoms with E-state index in [2.05, 4.69) is 11.4 Å². The van der Waals surface area contributed by atoms with Gasteiger partial charge in [-0.2, -0.15) is 5.26 Å². The van der Waals surface area contributed by atoms with Crippen LogP contribution >= 0.6 is 0 Å². The van der Waals surface area contributed by atoms with Crippen molar-refractivity contribution in [2.75, 3.05) is 23.4 Å². The molecule has 0 radical (unpaired) electrons. The Hall–Kier alpha value is -3.33. The Bertz CT molecular complexity index is 871. The van der Waals surface area contributed by atoms with Gasteiger partial charge >= 0.3 is 5.97 Å². The molecule has 0 bridgehead atoms. The van der Waals surface area contributed by atoms with Gasteiger partial charge in [-0.25, -0.2) is 4.79 Å². The van der Waals surface area contributed by atoms with Gasteiger partial charge in [-0.1, -0.05) is 6.07 Å². The van der Waals surface area contributed by atoms with Gasteiger partial charge in [0.25, 0.3) is 0 Å². The summed E-state index contributed by atoms with van der Waals surface area (Å²) in [6, 6.07) is 15.7. The lowest BCUT2D eigenvalue weighted by molar-refractivity contribution is -0.117. The van der Waals surface area contributed by atoms with E-state index < -0.39 is 0 Å². The predicted molar refractivity (Wildman–Crippen MR) is 103 cm³/mol. The molecule has 2 aromatic rings. The summed E-state index contributed by atoms with van der Waals surface area (Å²) in [6.07, 6.45) is 1.64. The number of esters is 1. The number of nitriles is 1. The number of nitrogens with one attached hydrogen (secondary N) is 1. The van der Waals surface area contributed by atoms with Gasteiger partial charge in [0.2, 0.25) is 5.91 Å². The minimum Gasteiger partial charge on any atom is -0.462 e. The maximum atomic E-state index is 12.8. The van der Waals surface area contributed by atoms with Crippen LogP contribution < -0.4 is 10.2 Å². The Morgan fingerprint density at radius 3 is 2.74 bits per heavy atom. The van der Waals surface area contributed by atoms with E-state index >= 15 is 0 Å². The van der Waals surface area contributed by atoms with E-state index in [1.807, 2.05) is 11.0 Å². The molecule has 1 aliphatic heterocycles. The van der Waals surface area contributed by atoms with Crippen molar-refractivity contribution in [2.45, 2.75) is 25.8 Å². The zero-order valence-electron chi connectivity index (χ0n) is 15.1. The molecule has 1 atom stereocenters. The lowest BCUT2D eigenvalue weighted by atomic mass is 10.1. The largest absolute Gasteiger partial charge is 0.462 e. The van der Waals surface area contributed by atoms with Crippen molar-refractivity contribution in [2.24, 2.45) is 0 Å². The van der Waals surface area contributed by atoms with Gasteiger partial charge in [0.1, 0.15) is 6.04 Å². The van der Waals surface area contributed by atoms with Crippen LogP contribution in [0.15, 0.2) is 48.5 Å². The molecule has 27 heavy (non-hydrogen) atoms. The number of nitrogens with zero attached hydrogens (tertiary/aromatic N) is 2. The Labute approximate surface area is 158 Å². The van der Waals surface area contributed by atoms with E-state index in [-0.39, 0.29) is 17.9 Å². The first-order valence-electron chi connectivity index (χ1n) is 8.97. The molecule has 0 aliphatic carbocycles. The van der Waals surface area contributed by atoms with Crippen molar-refractivity contribution >= 4 is 23.3 Å². The summed E-state index contributed by atoms with van der Waals surface area (Å²) < 4.78 is 5.06. The third-order valence-electron chi connectivity index (χ3n) is 4.53. The van der Waals surface area contributed by atoms with Crippen molar-refractivity contribution in [1.82, 2.24) is 0 Å². The van der Waals surface area contributed by atoms with Crippen LogP contribution in [0.2, 0.25) is 0 Å². The van der Waals surface area contributed by atoms with E-state index in [0.29, 0.717) is 23.4 Å². The fraction of sp³-hybridized carbons (Fsp3) is 0.286. The summed E-state index contributed by atoms with van der Waals surface area (Å²) in [7, 11) is 0. The number of benzene rings is 2. The van der Waals surface area contributed by atoms with Crippen LogP contribution in [-0.4, -0.2) is 31.1 Å². The zero-order valence-corrected chi connectivity index (χ0v) is 15.1. The van der Waals surface area contributed by atoms with E-state index in [9.17, 15) is 9.59 Å². The number of carbonyl (C=O) groups excluding carboxylic acids is 2. The highest BCUT2D eigenvalue weighted by atomic mass is 16.5. The molecular formula is C21H21N3O3. The van der Waals surface area contributed by atoms with E-state index in [1.165, 1.54) is 0 Å². The van der Waals surface area contributed by atoms with Crippen LogP contribution in [0.25, 0.3) is 0 Å². The van der Waals surface area contributed by atoms with Gasteiger partial charge < -0.3 is 15.0 Å². The molecule has 0 spiro atoms. The fourth-order valence-corrected chi connectivity index (χ4v) is 3.23. The summed E-state index contributed by atoms with van der Waals surface area (Å²) in [5, 5.41) is 11.8. The fourth-order valence-electron chi connectivity index (χ4n) is 3.23. The average molecular weight is 363 g/mol. The van der Waals surface area contributed by atoms with Gasteiger partial charge in [0, 0.05) is 17.9 Å². The molecule has 1 aliphatic rings. The molecule has 1 heterocycles. The lowest BCUT2D eigenvalue weighted by Crippen LogP contribution is -2.39. The maximum absolute atomic E-state index is 12.8. The first-order valence-corrected chi connectivity index (χ1v) is 8.97. The smallest absolute Gasteiger partial charge is 0.338 e. The van der Waals surface area contributed by atoms with Crippen molar-refractivity contribution in [3.8, 4) is 6.07 Å². The highest BCUT2D eigenvalue weighted by molar-refractivity contribution is 5.97. The monoisotopic (exact) mass is 363 g/mol. The molecule has 3 rings (SSSR count). The average Bonchev–Trinajstić information content (AvgIpc) is 3.19. The van der Waals surface area contributed by atoms with Crippen LogP contribution in [-0.2, 0) is 9.53 Å². The van der Waals surface area contributed by atoms with Crippen molar-refractivity contribution in [1.29, 1.82) is 5.26 Å². The zero-order chi connectivity index (χ0) is 19.2. The summed E-state index contributed by atoms with van der Waals surface area (Å²) in [5.74, 6) is -0.462. The molecule has 0 aromatic heterocycles. The number of rotatable bonds is 5. The Morgan fingerprint density at radius 1 is 1.26 bits per heavy atom. The molecule has 1 amide bonds. The minimum atomic E-state index is -0.364. The molecule has 138 valence electrons. The van der Waals surface area contributed by atoms with E-state index in [0.717, 1.165) is 25.1 Å². The molecule has 6 heteroatoms. The quantitative estimate of drug-likeness (QED) is 0.824. The third kappa shape index (κ3) is 4.26. The number of amides is 1. The van der Waals surface area contributed by atoms with Gasteiger partial charge in [-0.05, 0) is 62.2 Å². The minimum absolute atomic E-state index is 0.0984. The first-order chi connectivity index (χ1) is 13.1. The van der Waals surface area contributed by atoms with Gasteiger partial charge in [0.15, 0.2) is 0 Å². The Balaban J connectivity index is 1.74. The number of ether oxygens (including phenoxy) is 1. The number of hydrogen-bond acceptors (Lipinski definition) is 5. The standard InChI is InChI=1S/C21H21N3O3/c1-2-27-21(26)16-5-3-6-18(13-16)24-12-4-7-19(24)20(25)23-17-10-8-15(14-22)9-11-17/h3,5-6,8-11,13,19H,2,4,7,12H2,1H3,(H,23,25). The predicted octanol–water partition coefficient (Wildman–Crippen LogP) is 3.34. The first kappa shape index (κ1) is 18.5. The highest BCUT2D eigenvalue weighted by Gasteiger charge is 2.31. The second-order valence-electron chi connectivity index (χ2n) is 6.30. The summed E-state index contributed by atoms with van der Waals surface area (Å²) in [5.41, 5.74) is 2.52.